The summed E-state index contributed by atoms with van der Waals surface area (Å²) in [5.41, 5.74) is 3.60. The van der Waals surface area contributed by atoms with Gasteiger partial charge in [0.1, 0.15) is 5.82 Å². The van der Waals surface area contributed by atoms with E-state index in [2.05, 4.69) is 19.1 Å². The molecule has 1 unspecified atom stereocenters. The van der Waals surface area contributed by atoms with Gasteiger partial charge >= 0.3 is 0 Å². The predicted molar refractivity (Wildman–Crippen MR) is 114 cm³/mol. The van der Waals surface area contributed by atoms with Gasteiger partial charge in [-0.05, 0) is 86.3 Å². The summed E-state index contributed by atoms with van der Waals surface area (Å²) in [6, 6.07) is 5.83. The van der Waals surface area contributed by atoms with Crippen LogP contribution in [0.5, 0.6) is 0 Å². The molecule has 0 heterocycles. The first-order valence-electron chi connectivity index (χ1n) is 11.6. The van der Waals surface area contributed by atoms with Gasteiger partial charge in [0.25, 0.3) is 0 Å². The lowest BCUT2D eigenvalue weighted by Gasteiger charge is -2.35. The summed E-state index contributed by atoms with van der Waals surface area (Å²) >= 11 is 0. The molecule has 0 amide bonds. The Morgan fingerprint density at radius 1 is 0.963 bits per heavy atom. The van der Waals surface area contributed by atoms with Gasteiger partial charge in [0.05, 0.1) is 0 Å². The van der Waals surface area contributed by atoms with Crippen molar-refractivity contribution in [2.45, 2.75) is 97.3 Å². The van der Waals surface area contributed by atoms with E-state index in [4.69, 9.17) is 0 Å². The molecular weight excluding hydrogens is 331 g/mol. The Hall–Kier alpha value is -1.11. The maximum atomic E-state index is 14.0. The molecule has 2 aliphatic rings. The van der Waals surface area contributed by atoms with Crippen molar-refractivity contribution in [3.05, 3.63) is 46.8 Å². The van der Waals surface area contributed by atoms with Crippen molar-refractivity contribution in [2.24, 2.45) is 17.8 Å². The smallest absolute Gasteiger partial charge is 0.126 e. The largest absolute Gasteiger partial charge is 0.207 e. The Bertz CT molecular complexity index is 607. The van der Waals surface area contributed by atoms with Crippen LogP contribution in [0.3, 0.4) is 0 Å². The normalized spacial score (nSPS) is 26.0. The second kappa shape index (κ2) is 10.4. The average molecular weight is 371 g/mol. The van der Waals surface area contributed by atoms with Crippen molar-refractivity contribution >= 4 is 0 Å². The van der Waals surface area contributed by atoms with Crippen LogP contribution in [0.15, 0.2) is 29.8 Å². The number of aryl methyl sites for hydroxylation is 2. The average Bonchev–Trinajstić information content (AvgIpc) is 2.71. The van der Waals surface area contributed by atoms with Crippen molar-refractivity contribution in [3.63, 3.8) is 0 Å². The molecule has 0 aromatic heterocycles. The molecule has 1 fully saturated rings. The molecule has 1 aromatic carbocycles. The lowest BCUT2D eigenvalue weighted by molar-refractivity contribution is 0.185. The molecular formula is C26H39F. The van der Waals surface area contributed by atoms with Gasteiger partial charge in [0.2, 0.25) is 0 Å². The number of benzene rings is 1. The Labute approximate surface area is 166 Å². The van der Waals surface area contributed by atoms with Crippen molar-refractivity contribution in [1.82, 2.24) is 0 Å². The fourth-order valence-corrected chi connectivity index (χ4v) is 5.34. The molecule has 2 aliphatic carbocycles. The Morgan fingerprint density at radius 3 is 2.41 bits per heavy atom. The molecule has 0 radical (unpaired) electrons. The van der Waals surface area contributed by atoms with Gasteiger partial charge in [-0.3, -0.25) is 0 Å². The number of halogens is 1. The first-order valence-corrected chi connectivity index (χ1v) is 11.6. The van der Waals surface area contributed by atoms with Gasteiger partial charge in [0, 0.05) is 0 Å². The fraction of sp³-hybridized carbons (Fsp3) is 0.692. The molecule has 1 saturated carbocycles. The minimum Gasteiger partial charge on any atom is -0.207 e. The summed E-state index contributed by atoms with van der Waals surface area (Å²) in [6.45, 7) is 4.33. The zero-order valence-electron chi connectivity index (χ0n) is 17.6. The molecule has 1 aromatic rings. The minimum absolute atomic E-state index is 0.0257. The van der Waals surface area contributed by atoms with Gasteiger partial charge < -0.3 is 0 Å². The van der Waals surface area contributed by atoms with Gasteiger partial charge in [-0.15, -0.1) is 0 Å². The van der Waals surface area contributed by atoms with Crippen LogP contribution in [0, 0.1) is 23.6 Å². The number of allylic oxidation sites excluding steroid dienone is 2. The minimum atomic E-state index is -0.0257. The van der Waals surface area contributed by atoms with E-state index in [1.54, 1.807) is 11.6 Å². The van der Waals surface area contributed by atoms with Crippen molar-refractivity contribution in [1.29, 1.82) is 0 Å². The highest BCUT2D eigenvalue weighted by Crippen LogP contribution is 2.41. The monoisotopic (exact) mass is 370 g/mol. The summed E-state index contributed by atoms with van der Waals surface area (Å²) in [5.74, 6) is 2.91. The fourth-order valence-electron chi connectivity index (χ4n) is 5.34. The molecule has 27 heavy (non-hydrogen) atoms. The van der Waals surface area contributed by atoms with E-state index >= 15 is 0 Å². The summed E-state index contributed by atoms with van der Waals surface area (Å²) in [7, 11) is 0. The highest BCUT2D eigenvalue weighted by molar-refractivity contribution is 5.25. The quantitative estimate of drug-likeness (QED) is 0.406. The molecule has 0 spiro atoms. The standard InChI is InChI=1S/C26H39F/c1-3-5-6-20-9-15-24(16-10-20)25-17-11-21(12-18-25)7-8-22-13-14-23(4-2)26(27)19-22/h11,13-14,19-20,24-25H,3-10,12,15-18H2,1-2H3/t20-,24-,25?. The Morgan fingerprint density at radius 2 is 1.78 bits per heavy atom. The van der Waals surface area contributed by atoms with Crippen LogP contribution < -0.4 is 0 Å². The summed E-state index contributed by atoms with van der Waals surface area (Å²) in [5, 5.41) is 0. The highest BCUT2D eigenvalue weighted by Gasteiger charge is 2.28. The van der Waals surface area contributed by atoms with Crippen LogP contribution in [0.4, 0.5) is 4.39 Å². The van der Waals surface area contributed by atoms with Crippen molar-refractivity contribution in [3.8, 4) is 0 Å². The second-order valence-electron chi connectivity index (χ2n) is 9.10. The van der Waals surface area contributed by atoms with Crippen molar-refractivity contribution < 1.29 is 4.39 Å². The van der Waals surface area contributed by atoms with Crippen molar-refractivity contribution in [2.75, 3.05) is 0 Å². The third kappa shape index (κ3) is 5.93. The third-order valence-electron chi connectivity index (χ3n) is 7.30. The maximum Gasteiger partial charge on any atom is 0.126 e. The zero-order valence-corrected chi connectivity index (χ0v) is 17.6. The molecule has 0 bridgehead atoms. The van der Waals surface area contributed by atoms with Gasteiger partial charge in [-0.1, -0.05) is 69.7 Å². The van der Waals surface area contributed by atoms with E-state index in [0.29, 0.717) is 0 Å². The van der Waals surface area contributed by atoms with E-state index < -0.39 is 0 Å². The third-order valence-corrected chi connectivity index (χ3v) is 7.30. The topological polar surface area (TPSA) is 0 Å². The zero-order chi connectivity index (χ0) is 19.1. The molecule has 0 nitrogen and oxygen atoms in total. The van der Waals surface area contributed by atoms with E-state index in [9.17, 15) is 4.39 Å². The lowest BCUT2D eigenvalue weighted by Crippen LogP contribution is -2.23. The van der Waals surface area contributed by atoms with Gasteiger partial charge in [-0.25, -0.2) is 4.39 Å². The molecule has 150 valence electrons. The number of unbranched alkanes of at least 4 members (excludes halogenated alkanes) is 1. The molecule has 3 rings (SSSR count). The first kappa shape index (κ1) is 20.6. The number of rotatable bonds is 8. The molecule has 0 N–H and O–H groups in total. The van der Waals surface area contributed by atoms with E-state index in [1.165, 1.54) is 64.2 Å². The second-order valence-corrected chi connectivity index (χ2v) is 9.10. The predicted octanol–water partition coefficient (Wildman–Crippen LogP) is 8.04. The molecule has 0 saturated heterocycles. The Kier molecular flexibility index (Phi) is 7.97. The van der Waals surface area contributed by atoms with Gasteiger partial charge in [-0.2, -0.15) is 0 Å². The number of hydrogen-bond donors (Lipinski definition) is 0. The highest BCUT2D eigenvalue weighted by atomic mass is 19.1. The number of hydrogen-bond acceptors (Lipinski definition) is 0. The van der Waals surface area contributed by atoms with Crippen LogP contribution in [0.25, 0.3) is 0 Å². The Balaban J connectivity index is 1.42. The van der Waals surface area contributed by atoms with Crippen LogP contribution in [0.2, 0.25) is 0 Å². The van der Waals surface area contributed by atoms with Crippen LogP contribution in [-0.4, -0.2) is 0 Å². The summed E-state index contributed by atoms with van der Waals surface area (Å²) < 4.78 is 14.0. The van der Waals surface area contributed by atoms with E-state index in [0.717, 1.165) is 48.1 Å². The maximum absolute atomic E-state index is 14.0. The van der Waals surface area contributed by atoms with Crippen LogP contribution in [0.1, 0.15) is 95.6 Å². The molecule has 1 atom stereocenters. The molecule has 0 aliphatic heterocycles. The van der Waals surface area contributed by atoms with Gasteiger partial charge in [0.15, 0.2) is 0 Å². The lowest BCUT2D eigenvalue weighted by atomic mass is 9.70. The van der Waals surface area contributed by atoms with E-state index in [1.807, 2.05) is 13.0 Å². The SMILES string of the molecule is CCCC[C@H]1CC[C@H](C2CC=C(CCc3ccc(CC)c(F)c3)CC2)CC1. The summed E-state index contributed by atoms with van der Waals surface area (Å²) in [6.07, 6.45) is 19.5. The first-order chi connectivity index (χ1) is 13.2. The molecule has 1 heteroatoms. The summed E-state index contributed by atoms with van der Waals surface area (Å²) in [4.78, 5) is 0. The van der Waals surface area contributed by atoms with Crippen LogP contribution in [-0.2, 0) is 12.8 Å². The van der Waals surface area contributed by atoms with E-state index in [-0.39, 0.29) is 5.82 Å². The van der Waals surface area contributed by atoms with Crippen LogP contribution >= 0.6 is 0 Å².